The summed E-state index contributed by atoms with van der Waals surface area (Å²) in [5.74, 6) is -1.01. The molecule has 0 saturated carbocycles. The quantitative estimate of drug-likeness (QED) is 0.817. The number of nitrogens with two attached hydrogens (primary N) is 1. The Labute approximate surface area is 100 Å². The topological polar surface area (TPSA) is 85.1 Å². The van der Waals surface area contributed by atoms with Crippen molar-refractivity contribution >= 4 is 11.8 Å². The lowest BCUT2D eigenvalue weighted by Crippen LogP contribution is -2.34. The van der Waals surface area contributed by atoms with Gasteiger partial charge in [0, 0.05) is 11.7 Å². The molecule has 0 aliphatic carbocycles. The third-order valence-electron chi connectivity index (χ3n) is 2.50. The summed E-state index contributed by atoms with van der Waals surface area (Å²) in [5, 5.41) is 2.76. The number of nitrogens with zero attached hydrogens (tertiary/aromatic N) is 1. The van der Waals surface area contributed by atoms with Gasteiger partial charge in [0.2, 0.25) is 0 Å². The van der Waals surface area contributed by atoms with Crippen molar-refractivity contribution in [3.63, 3.8) is 0 Å². The highest BCUT2D eigenvalue weighted by Crippen LogP contribution is 2.07. The molecule has 5 heteroatoms. The highest BCUT2D eigenvalue weighted by Gasteiger charge is 2.18. The van der Waals surface area contributed by atoms with Crippen LogP contribution in [0.3, 0.4) is 0 Å². The molecular weight excluding hydrogens is 218 g/mol. The van der Waals surface area contributed by atoms with Crippen LogP contribution in [-0.2, 0) is 0 Å². The summed E-state index contributed by atoms with van der Waals surface area (Å²) in [6.07, 6.45) is 0.809. The van der Waals surface area contributed by atoms with Gasteiger partial charge in [-0.05, 0) is 32.4 Å². The van der Waals surface area contributed by atoms with Gasteiger partial charge in [-0.2, -0.15) is 0 Å². The third kappa shape index (κ3) is 3.27. The Hall–Kier alpha value is -1.91. The van der Waals surface area contributed by atoms with E-state index >= 15 is 0 Å². The number of rotatable bonds is 4. The number of carbonyl (C=O) groups is 2. The van der Waals surface area contributed by atoms with E-state index in [4.69, 9.17) is 5.73 Å². The maximum Gasteiger partial charge on any atom is 0.270 e. The van der Waals surface area contributed by atoms with Crippen LogP contribution in [-0.4, -0.2) is 22.8 Å². The second-order valence-corrected chi connectivity index (χ2v) is 4.00. The Balaban J connectivity index is 3.06. The van der Waals surface area contributed by atoms with Crippen LogP contribution in [0.15, 0.2) is 12.1 Å². The van der Waals surface area contributed by atoms with Gasteiger partial charge < -0.3 is 11.1 Å². The molecule has 1 aromatic rings. The van der Waals surface area contributed by atoms with Gasteiger partial charge in [0.25, 0.3) is 11.8 Å². The van der Waals surface area contributed by atoms with Crippen molar-refractivity contribution in [1.82, 2.24) is 10.3 Å². The molecule has 1 atom stereocenters. The molecule has 0 spiro atoms. The lowest BCUT2D eigenvalue weighted by molar-refractivity contribution is 0.0918. The normalized spacial score (nSPS) is 11.9. The Morgan fingerprint density at radius 1 is 1.47 bits per heavy atom. The van der Waals surface area contributed by atoms with Crippen LogP contribution in [0, 0.1) is 6.92 Å². The minimum Gasteiger partial charge on any atom is -0.366 e. The van der Waals surface area contributed by atoms with Crippen molar-refractivity contribution in [2.45, 2.75) is 33.2 Å². The molecule has 0 saturated heterocycles. The second kappa shape index (κ2) is 5.43. The van der Waals surface area contributed by atoms with Gasteiger partial charge in [-0.1, -0.05) is 6.92 Å². The van der Waals surface area contributed by atoms with E-state index in [-0.39, 0.29) is 23.2 Å². The zero-order valence-corrected chi connectivity index (χ0v) is 10.3. The Morgan fingerprint density at radius 3 is 2.65 bits per heavy atom. The number of aromatic nitrogens is 1. The number of nitrogens with one attached hydrogen (secondary N) is 1. The standard InChI is InChI=1S/C12H17N3O2/c1-4-7(2)15-12(17)10-9(11(13)16)6-5-8(3)14-10/h5-7H,4H2,1-3H3,(H2,13,16)(H,15,17). The molecule has 0 bridgehead atoms. The van der Waals surface area contributed by atoms with Gasteiger partial charge in [0.1, 0.15) is 5.69 Å². The van der Waals surface area contributed by atoms with Crippen LogP contribution in [0.2, 0.25) is 0 Å². The molecule has 1 heterocycles. The summed E-state index contributed by atoms with van der Waals surface area (Å²) in [7, 11) is 0. The summed E-state index contributed by atoms with van der Waals surface area (Å²) in [4.78, 5) is 27.2. The lowest BCUT2D eigenvalue weighted by Gasteiger charge is -2.12. The summed E-state index contributed by atoms with van der Waals surface area (Å²) in [5.41, 5.74) is 6.12. The van der Waals surface area contributed by atoms with E-state index in [2.05, 4.69) is 10.3 Å². The lowest BCUT2D eigenvalue weighted by atomic mass is 10.1. The van der Waals surface area contributed by atoms with E-state index < -0.39 is 5.91 Å². The fourth-order valence-corrected chi connectivity index (χ4v) is 1.32. The van der Waals surface area contributed by atoms with Crippen molar-refractivity contribution in [3.8, 4) is 0 Å². The molecule has 0 fully saturated rings. The number of hydrogen-bond donors (Lipinski definition) is 2. The molecule has 92 valence electrons. The number of amides is 2. The molecule has 1 rings (SSSR count). The number of pyridine rings is 1. The van der Waals surface area contributed by atoms with Crippen LogP contribution in [0.4, 0.5) is 0 Å². The Kier molecular flexibility index (Phi) is 4.20. The molecule has 1 aromatic heterocycles. The average molecular weight is 235 g/mol. The zero-order valence-electron chi connectivity index (χ0n) is 10.3. The smallest absolute Gasteiger partial charge is 0.270 e. The first-order valence-electron chi connectivity index (χ1n) is 5.54. The number of primary amides is 1. The zero-order chi connectivity index (χ0) is 13.0. The molecule has 0 aromatic carbocycles. The van der Waals surface area contributed by atoms with Crippen LogP contribution < -0.4 is 11.1 Å². The van der Waals surface area contributed by atoms with Gasteiger partial charge in [0.05, 0.1) is 5.56 Å². The summed E-state index contributed by atoms with van der Waals surface area (Å²) in [6, 6.07) is 3.21. The van der Waals surface area contributed by atoms with E-state index in [9.17, 15) is 9.59 Å². The molecule has 0 aliphatic heterocycles. The van der Waals surface area contributed by atoms with E-state index in [0.29, 0.717) is 5.69 Å². The van der Waals surface area contributed by atoms with Gasteiger partial charge >= 0.3 is 0 Å². The minimum absolute atomic E-state index is 0.0329. The van der Waals surface area contributed by atoms with Crippen molar-refractivity contribution in [2.75, 3.05) is 0 Å². The van der Waals surface area contributed by atoms with Crippen molar-refractivity contribution < 1.29 is 9.59 Å². The fraction of sp³-hybridized carbons (Fsp3) is 0.417. The monoisotopic (exact) mass is 235 g/mol. The average Bonchev–Trinajstić information content (AvgIpc) is 2.28. The third-order valence-corrected chi connectivity index (χ3v) is 2.50. The van der Waals surface area contributed by atoms with Crippen LogP contribution in [0.5, 0.6) is 0 Å². The fourth-order valence-electron chi connectivity index (χ4n) is 1.32. The van der Waals surface area contributed by atoms with E-state index in [1.165, 1.54) is 6.07 Å². The van der Waals surface area contributed by atoms with Crippen molar-refractivity contribution in [1.29, 1.82) is 0 Å². The molecule has 17 heavy (non-hydrogen) atoms. The van der Waals surface area contributed by atoms with E-state index in [1.807, 2.05) is 13.8 Å². The van der Waals surface area contributed by atoms with Gasteiger partial charge in [-0.25, -0.2) is 4.98 Å². The van der Waals surface area contributed by atoms with Crippen LogP contribution in [0.25, 0.3) is 0 Å². The van der Waals surface area contributed by atoms with Gasteiger partial charge in [0.15, 0.2) is 0 Å². The maximum absolute atomic E-state index is 11.9. The number of hydrogen-bond acceptors (Lipinski definition) is 3. The Morgan fingerprint density at radius 2 is 2.12 bits per heavy atom. The van der Waals surface area contributed by atoms with Gasteiger partial charge in [-0.3, -0.25) is 9.59 Å². The molecule has 0 aliphatic rings. The first-order valence-corrected chi connectivity index (χ1v) is 5.54. The van der Waals surface area contributed by atoms with E-state index in [1.54, 1.807) is 13.0 Å². The summed E-state index contributed by atoms with van der Waals surface area (Å²) in [6.45, 7) is 5.60. The molecule has 3 N–H and O–H groups in total. The predicted octanol–water partition coefficient (Wildman–Crippen LogP) is 1.02. The largest absolute Gasteiger partial charge is 0.366 e. The van der Waals surface area contributed by atoms with Crippen molar-refractivity contribution in [3.05, 3.63) is 29.1 Å². The Bertz CT molecular complexity index is 443. The SMILES string of the molecule is CCC(C)NC(=O)c1nc(C)ccc1C(N)=O. The summed E-state index contributed by atoms with van der Waals surface area (Å²) < 4.78 is 0. The minimum atomic E-state index is -0.646. The molecule has 5 nitrogen and oxygen atoms in total. The maximum atomic E-state index is 11.9. The summed E-state index contributed by atoms with van der Waals surface area (Å²) >= 11 is 0. The molecule has 2 amide bonds. The van der Waals surface area contributed by atoms with Crippen LogP contribution in [0.1, 0.15) is 46.8 Å². The highest BCUT2D eigenvalue weighted by atomic mass is 16.2. The number of aryl methyl sites for hydroxylation is 1. The molecule has 1 unspecified atom stereocenters. The van der Waals surface area contributed by atoms with Crippen LogP contribution >= 0.6 is 0 Å². The molecule has 0 radical (unpaired) electrons. The molecular formula is C12H17N3O2. The van der Waals surface area contributed by atoms with Gasteiger partial charge in [-0.15, -0.1) is 0 Å². The predicted molar refractivity (Wildman–Crippen MR) is 64.7 cm³/mol. The second-order valence-electron chi connectivity index (χ2n) is 4.00. The number of carbonyl (C=O) groups excluding carboxylic acids is 2. The van der Waals surface area contributed by atoms with E-state index in [0.717, 1.165) is 6.42 Å². The first kappa shape index (κ1) is 13.2. The highest BCUT2D eigenvalue weighted by molar-refractivity contribution is 6.05. The first-order chi connectivity index (χ1) is 7.95. The van der Waals surface area contributed by atoms with Crippen molar-refractivity contribution in [2.24, 2.45) is 5.73 Å².